The quantitative estimate of drug-likeness (QED) is 0.745. The van der Waals surface area contributed by atoms with E-state index in [2.05, 4.69) is 30.5 Å². The highest BCUT2D eigenvalue weighted by Gasteiger charge is 2.10. The Labute approximate surface area is 90.1 Å². The van der Waals surface area contributed by atoms with Crippen LogP contribution in [0.25, 0.3) is 0 Å². The van der Waals surface area contributed by atoms with Gasteiger partial charge in [-0.05, 0) is 0 Å². The van der Waals surface area contributed by atoms with Gasteiger partial charge in [0.25, 0.3) is 5.91 Å². The molecular weight excluding hydrogens is 212 g/mol. The number of carbonyl (C=O) groups excluding carboxylic acids is 1. The van der Waals surface area contributed by atoms with E-state index in [0.717, 1.165) is 0 Å². The molecule has 0 fully saturated rings. The predicted molar refractivity (Wildman–Crippen MR) is 52.9 cm³/mol. The van der Waals surface area contributed by atoms with E-state index in [9.17, 15) is 4.79 Å². The third kappa shape index (κ3) is 2.11. The van der Waals surface area contributed by atoms with Gasteiger partial charge in [0, 0.05) is 12.4 Å². The highest BCUT2D eigenvalue weighted by molar-refractivity contribution is 6.01. The molecule has 0 aliphatic carbocycles. The molecule has 0 atom stereocenters. The molecule has 8 nitrogen and oxygen atoms in total. The standard InChI is InChI=1S/C8H8N6O2/c1-16-8-12-7(13-14-8)11-6(15)5-4-9-2-3-10-5/h2-4H,1H3,(H2,11,12,13,14,15). The molecule has 0 bridgehead atoms. The second-order valence-corrected chi connectivity index (χ2v) is 2.72. The summed E-state index contributed by atoms with van der Waals surface area (Å²) in [7, 11) is 1.43. The number of rotatable bonds is 3. The Morgan fingerprint density at radius 1 is 1.50 bits per heavy atom. The predicted octanol–water partition coefficient (Wildman–Crippen LogP) is -0.144. The summed E-state index contributed by atoms with van der Waals surface area (Å²) in [4.78, 5) is 23.0. The number of methoxy groups -OCH3 is 1. The zero-order valence-corrected chi connectivity index (χ0v) is 8.34. The van der Waals surface area contributed by atoms with E-state index in [-0.39, 0.29) is 17.7 Å². The molecule has 82 valence electrons. The number of ether oxygens (including phenoxy) is 1. The topological polar surface area (TPSA) is 106 Å². The lowest BCUT2D eigenvalue weighted by molar-refractivity contribution is 0.102. The molecule has 1 amide bonds. The Balaban J connectivity index is 2.08. The van der Waals surface area contributed by atoms with E-state index in [1.807, 2.05) is 0 Å². The molecule has 2 rings (SSSR count). The molecule has 0 radical (unpaired) electrons. The van der Waals surface area contributed by atoms with Crippen molar-refractivity contribution in [1.29, 1.82) is 0 Å². The van der Waals surface area contributed by atoms with Gasteiger partial charge in [-0.3, -0.25) is 15.1 Å². The van der Waals surface area contributed by atoms with Crippen LogP contribution in [-0.4, -0.2) is 38.2 Å². The summed E-state index contributed by atoms with van der Waals surface area (Å²) in [6.45, 7) is 0. The number of carbonyl (C=O) groups is 1. The molecule has 0 unspecified atom stereocenters. The lowest BCUT2D eigenvalue weighted by Gasteiger charge is -1.98. The first-order valence-electron chi connectivity index (χ1n) is 4.33. The van der Waals surface area contributed by atoms with Crippen LogP contribution < -0.4 is 10.1 Å². The van der Waals surface area contributed by atoms with Crippen LogP contribution in [0.15, 0.2) is 18.6 Å². The lowest BCUT2D eigenvalue weighted by atomic mass is 10.4. The summed E-state index contributed by atoms with van der Waals surface area (Å²) in [6, 6.07) is 0.148. The average Bonchev–Trinajstić information content (AvgIpc) is 2.78. The smallest absolute Gasteiger partial charge is 0.336 e. The van der Waals surface area contributed by atoms with Gasteiger partial charge >= 0.3 is 6.01 Å². The first kappa shape index (κ1) is 10.0. The van der Waals surface area contributed by atoms with Crippen molar-refractivity contribution in [1.82, 2.24) is 25.1 Å². The lowest BCUT2D eigenvalue weighted by Crippen LogP contribution is -2.14. The van der Waals surface area contributed by atoms with Crippen LogP contribution in [0.2, 0.25) is 0 Å². The average molecular weight is 220 g/mol. The Morgan fingerprint density at radius 3 is 3.00 bits per heavy atom. The van der Waals surface area contributed by atoms with Crippen LogP contribution >= 0.6 is 0 Å². The molecule has 2 aromatic rings. The maximum Gasteiger partial charge on any atom is 0.336 e. The van der Waals surface area contributed by atoms with Crippen LogP contribution in [0.1, 0.15) is 10.5 Å². The zero-order chi connectivity index (χ0) is 11.4. The SMILES string of the molecule is COc1n[nH]c(NC(=O)c2cnccn2)n1. The fourth-order valence-electron chi connectivity index (χ4n) is 0.982. The van der Waals surface area contributed by atoms with E-state index in [1.54, 1.807) is 0 Å². The Morgan fingerprint density at radius 2 is 2.38 bits per heavy atom. The van der Waals surface area contributed by atoms with Crippen LogP contribution in [0.3, 0.4) is 0 Å². The number of hydrogen-bond donors (Lipinski definition) is 2. The molecule has 2 heterocycles. The molecule has 16 heavy (non-hydrogen) atoms. The van der Waals surface area contributed by atoms with Crippen molar-refractivity contribution in [3.8, 4) is 6.01 Å². The van der Waals surface area contributed by atoms with Crippen LogP contribution in [0.4, 0.5) is 5.95 Å². The molecule has 8 heteroatoms. The van der Waals surface area contributed by atoms with Gasteiger partial charge in [-0.25, -0.2) is 10.1 Å². The van der Waals surface area contributed by atoms with E-state index in [1.165, 1.54) is 25.7 Å². The van der Waals surface area contributed by atoms with Gasteiger partial charge in [-0.15, -0.1) is 5.10 Å². The van der Waals surface area contributed by atoms with Crippen molar-refractivity contribution in [2.45, 2.75) is 0 Å². The number of hydrogen-bond acceptors (Lipinski definition) is 6. The van der Waals surface area contributed by atoms with Crippen molar-refractivity contribution in [3.05, 3.63) is 24.3 Å². The molecule has 0 aliphatic heterocycles. The van der Waals surface area contributed by atoms with Gasteiger partial charge in [-0.2, -0.15) is 4.98 Å². The second kappa shape index (κ2) is 4.34. The van der Waals surface area contributed by atoms with E-state index >= 15 is 0 Å². The van der Waals surface area contributed by atoms with Gasteiger partial charge < -0.3 is 4.74 Å². The molecule has 0 spiro atoms. The summed E-state index contributed by atoms with van der Waals surface area (Å²) < 4.78 is 4.75. The molecule has 2 aromatic heterocycles. The van der Waals surface area contributed by atoms with Crippen molar-refractivity contribution < 1.29 is 9.53 Å². The summed E-state index contributed by atoms with van der Waals surface area (Å²) in [5, 5.41) is 8.63. The number of anilines is 1. The minimum atomic E-state index is -0.424. The highest BCUT2D eigenvalue weighted by Crippen LogP contribution is 2.05. The van der Waals surface area contributed by atoms with Gasteiger partial charge in [0.05, 0.1) is 13.3 Å². The number of nitrogens with zero attached hydrogens (tertiary/aromatic N) is 4. The molecule has 2 N–H and O–H groups in total. The second-order valence-electron chi connectivity index (χ2n) is 2.72. The Bertz CT molecular complexity index is 482. The highest BCUT2D eigenvalue weighted by atomic mass is 16.5. The molecule has 0 saturated carbocycles. The fraction of sp³-hybridized carbons (Fsp3) is 0.125. The van der Waals surface area contributed by atoms with Gasteiger partial charge in [0.15, 0.2) is 0 Å². The normalized spacial score (nSPS) is 9.81. The van der Waals surface area contributed by atoms with Crippen molar-refractivity contribution in [3.63, 3.8) is 0 Å². The molecular formula is C8H8N6O2. The minimum Gasteiger partial charge on any atom is -0.466 e. The van der Waals surface area contributed by atoms with Crippen LogP contribution in [0.5, 0.6) is 6.01 Å². The zero-order valence-electron chi connectivity index (χ0n) is 8.34. The summed E-state index contributed by atoms with van der Waals surface area (Å²) >= 11 is 0. The van der Waals surface area contributed by atoms with Crippen molar-refractivity contribution in [2.75, 3.05) is 12.4 Å². The first-order valence-corrected chi connectivity index (χ1v) is 4.33. The van der Waals surface area contributed by atoms with Crippen molar-refractivity contribution >= 4 is 11.9 Å². The van der Waals surface area contributed by atoms with Gasteiger partial charge in [0.2, 0.25) is 5.95 Å². The largest absolute Gasteiger partial charge is 0.466 e. The fourth-order valence-corrected chi connectivity index (χ4v) is 0.982. The first-order chi connectivity index (χ1) is 7.79. The minimum absolute atomic E-state index is 0.148. The summed E-state index contributed by atoms with van der Waals surface area (Å²) in [5.74, 6) is -0.237. The molecule has 0 saturated heterocycles. The van der Waals surface area contributed by atoms with Crippen LogP contribution in [-0.2, 0) is 0 Å². The molecule has 0 aromatic carbocycles. The number of aromatic nitrogens is 5. The maximum absolute atomic E-state index is 11.6. The van der Waals surface area contributed by atoms with Gasteiger partial charge in [0.1, 0.15) is 5.69 Å². The van der Waals surface area contributed by atoms with Crippen molar-refractivity contribution in [2.24, 2.45) is 0 Å². The maximum atomic E-state index is 11.6. The molecule has 0 aliphatic rings. The van der Waals surface area contributed by atoms with E-state index < -0.39 is 5.91 Å². The van der Waals surface area contributed by atoms with Gasteiger partial charge in [-0.1, -0.05) is 0 Å². The Kier molecular flexibility index (Phi) is 2.72. The van der Waals surface area contributed by atoms with Crippen LogP contribution in [0, 0.1) is 0 Å². The summed E-state index contributed by atoms with van der Waals surface area (Å²) in [6.07, 6.45) is 4.26. The van der Waals surface area contributed by atoms with E-state index in [4.69, 9.17) is 4.74 Å². The number of H-pyrrole nitrogens is 1. The monoisotopic (exact) mass is 220 g/mol. The third-order valence-corrected chi connectivity index (χ3v) is 1.68. The van der Waals surface area contributed by atoms with E-state index in [0.29, 0.717) is 0 Å². The third-order valence-electron chi connectivity index (χ3n) is 1.68. The number of aromatic amines is 1. The summed E-state index contributed by atoms with van der Waals surface area (Å²) in [5.41, 5.74) is 0.192. The Hall–Kier alpha value is -2.51. The number of amides is 1. The number of nitrogens with one attached hydrogen (secondary N) is 2.